The summed E-state index contributed by atoms with van der Waals surface area (Å²) in [6.07, 6.45) is 3.45. The standard InChI is InChI=1S/C22H31N3O4/c1-16-4-2-6-19(14-16)23-22(27)25-9-3-5-18(15-25)20(26)24-10-7-17(8-11-24)21-28-12-13-29-21/h2,4,6,14,17-18,21H,3,5,7-13,15H2,1H3,(H,23,27). The van der Waals surface area contributed by atoms with E-state index < -0.39 is 0 Å². The fourth-order valence-corrected chi connectivity index (χ4v) is 4.59. The van der Waals surface area contributed by atoms with Crippen molar-refractivity contribution in [2.75, 3.05) is 44.7 Å². The van der Waals surface area contributed by atoms with Crippen LogP contribution in [0.1, 0.15) is 31.2 Å². The minimum atomic E-state index is -0.123. The van der Waals surface area contributed by atoms with E-state index in [9.17, 15) is 9.59 Å². The second kappa shape index (κ2) is 9.13. The number of nitrogens with zero attached hydrogens (tertiary/aromatic N) is 2. The number of piperidine rings is 2. The summed E-state index contributed by atoms with van der Waals surface area (Å²) in [6, 6.07) is 7.64. The van der Waals surface area contributed by atoms with Gasteiger partial charge in [0.05, 0.1) is 19.1 Å². The third-order valence-electron chi connectivity index (χ3n) is 6.21. The molecule has 7 nitrogen and oxygen atoms in total. The maximum absolute atomic E-state index is 13.1. The van der Waals surface area contributed by atoms with E-state index in [4.69, 9.17) is 9.47 Å². The molecule has 0 bridgehead atoms. The van der Waals surface area contributed by atoms with Crippen LogP contribution in [0.25, 0.3) is 0 Å². The fraction of sp³-hybridized carbons (Fsp3) is 0.636. The van der Waals surface area contributed by atoms with Gasteiger partial charge in [0.2, 0.25) is 5.91 Å². The van der Waals surface area contributed by atoms with E-state index in [2.05, 4.69) is 5.32 Å². The Hall–Kier alpha value is -2.12. The van der Waals surface area contributed by atoms with Gasteiger partial charge in [-0.3, -0.25) is 4.79 Å². The summed E-state index contributed by atoms with van der Waals surface area (Å²) >= 11 is 0. The van der Waals surface area contributed by atoms with E-state index in [0.29, 0.717) is 32.2 Å². The van der Waals surface area contributed by atoms with E-state index in [1.807, 2.05) is 36.1 Å². The molecule has 0 aliphatic carbocycles. The molecule has 3 saturated heterocycles. The molecule has 1 aromatic carbocycles. The van der Waals surface area contributed by atoms with E-state index in [1.54, 1.807) is 4.90 Å². The number of ether oxygens (including phenoxy) is 2. The molecule has 0 radical (unpaired) electrons. The predicted molar refractivity (Wildman–Crippen MR) is 109 cm³/mol. The van der Waals surface area contributed by atoms with Crippen molar-refractivity contribution in [2.45, 2.75) is 38.9 Å². The lowest BCUT2D eigenvalue weighted by Gasteiger charge is -2.38. The number of rotatable bonds is 3. The van der Waals surface area contributed by atoms with Crippen LogP contribution in [0, 0.1) is 18.8 Å². The normalized spacial score (nSPS) is 24.0. The zero-order chi connectivity index (χ0) is 20.2. The van der Waals surface area contributed by atoms with Gasteiger partial charge in [-0.2, -0.15) is 0 Å². The van der Waals surface area contributed by atoms with E-state index in [-0.39, 0.29) is 24.1 Å². The first-order chi connectivity index (χ1) is 14.1. The highest BCUT2D eigenvalue weighted by Gasteiger charge is 2.35. The summed E-state index contributed by atoms with van der Waals surface area (Å²) < 4.78 is 11.2. The molecular formula is C22H31N3O4. The topological polar surface area (TPSA) is 71.1 Å². The molecule has 158 valence electrons. The van der Waals surface area contributed by atoms with E-state index >= 15 is 0 Å². The molecular weight excluding hydrogens is 370 g/mol. The number of aryl methyl sites for hydroxylation is 1. The first-order valence-corrected chi connectivity index (χ1v) is 10.7. The average molecular weight is 402 g/mol. The average Bonchev–Trinajstić information content (AvgIpc) is 3.28. The quantitative estimate of drug-likeness (QED) is 0.846. The molecule has 1 aromatic rings. The van der Waals surface area contributed by atoms with Crippen LogP contribution < -0.4 is 5.32 Å². The monoisotopic (exact) mass is 401 g/mol. The lowest BCUT2D eigenvalue weighted by Crippen LogP contribution is -2.50. The van der Waals surface area contributed by atoms with Gasteiger partial charge in [-0.25, -0.2) is 4.79 Å². The van der Waals surface area contributed by atoms with Crippen molar-refractivity contribution in [2.24, 2.45) is 11.8 Å². The van der Waals surface area contributed by atoms with Gasteiger partial charge >= 0.3 is 6.03 Å². The van der Waals surface area contributed by atoms with E-state index in [1.165, 1.54) is 0 Å². The maximum atomic E-state index is 13.1. The summed E-state index contributed by atoms with van der Waals surface area (Å²) in [7, 11) is 0. The number of urea groups is 1. The predicted octanol–water partition coefficient (Wildman–Crippen LogP) is 2.85. The van der Waals surface area contributed by atoms with Crippen LogP contribution in [0.5, 0.6) is 0 Å². The summed E-state index contributed by atoms with van der Waals surface area (Å²) in [5, 5.41) is 2.96. The molecule has 3 fully saturated rings. The molecule has 1 N–H and O–H groups in total. The second-order valence-electron chi connectivity index (χ2n) is 8.36. The number of amides is 3. The van der Waals surface area contributed by atoms with Gasteiger partial charge < -0.3 is 24.6 Å². The molecule has 0 saturated carbocycles. The highest BCUT2D eigenvalue weighted by atomic mass is 16.7. The zero-order valence-corrected chi connectivity index (χ0v) is 17.1. The number of carbonyl (C=O) groups is 2. The van der Waals surface area contributed by atoms with Gasteiger partial charge in [0.1, 0.15) is 0 Å². The number of likely N-dealkylation sites (tertiary alicyclic amines) is 2. The van der Waals surface area contributed by atoms with Gasteiger partial charge in [-0.1, -0.05) is 12.1 Å². The van der Waals surface area contributed by atoms with Crippen LogP contribution in [-0.2, 0) is 14.3 Å². The second-order valence-corrected chi connectivity index (χ2v) is 8.36. The van der Waals surface area contributed by atoms with Crippen molar-refractivity contribution in [1.82, 2.24) is 9.80 Å². The van der Waals surface area contributed by atoms with Crippen LogP contribution in [0.15, 0.2) is 24.3 Å². The van der Waals surface area contributed by atoms with Gasteiger partial charge in [0, 0.05) is 37.8 Å². The van der Waals surface area contributed by atoms with Crippen molar-refractivity contribution in [3.8, 4) is 0 Å². The third-order valence-corrected chi connectivity index (χ3v) is 6.21. The molecule has 3 aliphatic rings. The minimum absolute atomic E-state index is 0.0947. The molecule has 0 spiro atoms. The lowest BCUT2D eigenvalue weighted by atomic mass is 9.92. The summed E-state index contributed by atoms with van der Waals surface area (Å²) in [5.41, 5.74) is 1.90. The summed E-state index contributed by atoms with van der Waals surface area (Å²) in [4.78, 5) is 29.5. The molecule has 7 heteroatoms. The number of hydrogen-bond donors (Lipinski definition) is 1. The Balaban J connectivity index is 1.28. The van der Waals surface area contributed by atoms with Gasteiger partial charge in [0.25, 0.3) is 0 Å². The Morgan fingerprint density at radius 2 is 1.79 bits per heavy atom. The van der Waals surface area contributed by atoms with E-state index in [0.717, 1.165) is 50.0 Å². The molecule has 29 heavy (non-hydrogen) atoms. The van der Waals surface area contributed by atoms with Crippen molar-refractivity contribution in [1.29, 1.82) is 0 Å². The van der Waals surface area contributed by atoms with Crippen molar-refractivity contribution < 1.29 is 19.1 Å². The van der Waals surface area contributed by atoms with Gasteiger partial charge in [-0.15, -0.1) is 0 Å². The molecule has 3 aliphatic heterocycles. The minimum Gasteiger partial charge on any atom is -0.350 e. The Kier molecular flexibility index (Phi) is 6.35. The largest absolute Gasteiger partial charge is 0.350 e. The summed E-state index contributed by atoms with van der Waals surface area (Å²) in [6.45, 7) is 6.03. The van der Waals surface area contributed by atoms with Crippen LogP contribution in [0.4, 0.5) is 10.5 Å². The Labute approximate surface area is 172 Å². The van der Waals surface area contributed by atoms with Crippen LogP contribution in [0.2, 0.25) is 0 Å². The Morgan fingerprint density at radius 1 is 1.03 bits per heavy atom. The van der Waals surface area contributed by atoms with Crippen molar-refractivity contribution in [3.63, 3.8) is 0 Å². The molecule has 1 atom stereocenters. The molecule has 3 heterocycles. The summed E-state index contributed by atoms with van der Waals surface area (Å²) in [5.74, 6) is 0.455. The van der Waals surface area contributed by atoms with Gasteiger partial charge in [-0.05, 0) is 50.3 Å². The fourth-order valence-electron chi connectivity index (χ4n) is 4.59. The Morgan fingerprint density at radius 3 is 2.52 bits per heavy atom. The van der Waals surface area contributed by atoms with Crippen molar-refractivity contribution >= 4 is 17.6 Å². The first kappa shape index (κ1) is 20.2. The number of benzene rings is 1. The lowest BCUT2D eigenvalue weighted by molar-refractivity contribution is -0.142. The third kappa shape index (κ3) is 4.90. The van der Waals surface area contributed by atoms with Crippen LogP contribution in [-0.4, -0.2) is 67.4 Å². The highest BCUT2D eigenvalue weighted by Crippen LogP contribution is 2.28. The number of nitrogens with one attached hydrogen (secondary N) is 1. The first-order valence-electron chi connectivity index (χ1n) is 10.7. The van der Waals surface area contributed by atoms with Crippen LogP contribution >= 0.6 is 0 Å². The molecule has 3 amide bonds. The van der Waals surface area contributed by atoms with Crippen LogP contribution in [0.3, 0.4) is 0 Å². The smallest absolute Gasteiger partial charge is 0.321 e. The molecule has 4 rings (SSSR count). The molecule has 0 aromatic heterocycles. The van der Waals surface area contributed by atoms with Gasteiger partial charge in [0.15, 0.2) is 6.29 Å². The number of anilines is 1. The SMILES string of the molecule is Cc1cccc(NC(=O)N2CCCC(C(=O)N3CCC(C4OCCO4)CC3)C2)c1. The number of hydrogen-bond acceptors (Lipinski definition) is 4. The zero-order valence-electron chi connectivity index (χ0n) is 17.1. The highest BCUT2D eigenvalue weighted by molar-refractivity contribution is 5.90. The maximum Gasteiger partial charge on any atom is 0.321 e. The number of carbonyl (C=O) groups excluding carboxylic acids is 2. The Bertz CT molecular complexity index is 727. The van der Waals surface area contributed by atoms with Crippen molar-refractivity contribution in [3.05, 3.63) is 29.8 Å². The molecule has 1 unspecified atom stereocenters.